The van der Waals surface area contributed by atoms with Crippen molar-refractivity contribution in [3.63, 3.8) is 0 Å². The van der Waals surface area contributed by atoms with E-state index in [0.717, 1.165) is 29.7 Å². The fraction of sp³-hybridized carbons (Fsp3) is 0.227. The van der Waals surface area contributed by atoms with Gasteiger partial charge in [-0.3, -0.25) is 9.36 Å². The molecule has 0 aliphatic carbocycles. The van der Waals surface area contributed by atoms with E-state index in [0.29, 0.717) is 23.1 Å². The fourth-order valence-electron chi connectivity index (χ4n) is 3.09. The molecule has 0 fully saturated rings. The van der Waals surface area contributed by atoms with Gasteiger partial charge in [0.15, 0.2) is 11.6 Å². The van der Waals surface area contributed by atoms with E-state index >= 15 is 0 Å². The van der Waals surface area contributed by atoms with Gasteiger partial charge in [0.2, 0.25) is 0 Å². The Labute approximate surface area is 174 Å². The van der Waals surface area contributed by atoms with Crippen LogP contribution in [0.1, 0.15) is 40.8 Å². The highest BCUT2D eigenvalue weighted by molar-refractivity contribution is 6.03. The maximum Gasteiger partial charge on any atom is 0.275 e. The predicted octanol–water partition coefficient (Wildman–Crippen LogP) is 4.14. The zero-order chi connectivity index (χ0) is 21.1. The van der Waals surface area contributed by atoms with Crippen molar-refractivity contribution in [1.29, 1.82) is 0 Å². The Morgan fingerprint density at radius 3 is 2.87 bits per heavy atom. The van der Waals surface area contributed by atoms with E-state index in [2.05, 4.69) is 32.3 Å². The lowest BCUT2D eigenvalue weighted by atomic mass is 10.1. The van der Waals surface area contributed by atoms with Crippen LogP contribution >= 0.6 is 0 Å². The first-order valence-corrected chi connectivity index (χ1v) is 9.76. The number of nitrogens with one attached hydrogen (secondary N) is 1. The third-order valence-corrected chi connectivity index (χ3v) is 4.87. The number of carbonyl (C=O) groups is 1. The van der Waals surface area contributed by atoms with Gasteiger partial charge in [-0.2, -0.15) is 4.98 Å². The average Bonchev–Trinajstić information content (AvgIpc) is 3.42. The van der Waals surface area contributed by atoms with Crippen LogP contribution in [0.4, 0.5) is 5.69 Å². The number of hydrogen-bond donors (Lipinski definition) is 1. The quantitative estimate of drug-likeness (QED) is 0.520. The molecule has 30 heavy (non-hydrogen) atoms. The van der Waals surface area contributed by atoms with Crippen LogP contribution in [-0.4, -0.2) is 30.6 Å². The number of amides is 1. The van der Waals surface area contributed by atoms with Gasteiger partial charge in [-0.25, -0.2) is 9.97 Å². The molecule has 1 N–H and O–H groups in total. The molecule has 0 radical (unpaired) electrons. The van der Waals surface area contributed by atoms with E-state index in [9.17, 15) is 4.79 Å². The summed E-state index contributed by atoms with van der Waals surface area (Å²) in [7, 11) is 0. The summed E-state index contributed by atoms with van der Waals surface area (Å²) in [4.78, 5) is 25.8. The lowest BCUT2D eigenvalue weighted by molar-refractivity contribution is 0.102. The second-order valence-electron chi connectivity index (χ2n) is 7.01. The number of rotatable bonds is 6. The van der Waals surface area contributed by atoms with Crippen LogP contribution in [0.2, 0.25) is 0 Å². The first kappa shape index (κ1) is 19.5. The molecule has 0 saturated carbocycles. The van der Waals surface area contributed by atoms with Gasteiger partial charge in [0, 0.05) is 24.5 Å². The van der Waals surface area contributed by atoms with Crippen LogP contribution in [0.15, 0.2) is 53.6 Å². The Bertz CT molecular complexity index is 1190. The number of nitrogens with zero attached hydrogens (tertiary/aromatic N) is 5. The molecule has 0 saturated heterocycles. The van der Waals surface area contributed by atoms with Crippen molar-refractivity contribution in [2.45, 2.75) is 33.6 Å². The van der Waals surface area contributed by atoms with Gasteiger partial charge in [0.25, 0.3) is 11.8 Å². The van der Waals surface area contributed by atoms with Crippen LogP contribution in [0, 0.1) is 13.8 Å². The van der Waals surface area contributed by atoms with Gasteiger partial charge in [0.1, 0.15) is 12.0 Å². The summed E-state index contributed by atoms with van der Waals surface area (Å²) in [6, 6.07) is 9.44. The molecule has 152 valence electrons. The molecular weight excluding hydrogens is 380 g/mol. The standard InChI is InChI=1S/C22H22N6O2/c1-4-7-19-26-22(30-27-19)16-9-6-11-23-20(16)28-12-18(24-13-28)21(29)25-17-10-5-8-14(2)15(17)3/h5-6,8-13H,4,7H2,1-3H3,(H,25,29). The van der Waals surface area contributed by atoms with Crippen LogP contribution in [0.3, 0.4) is 0 Å². The lowest BCUT2D eigenvalue weighted by Crippen LogP contribution is -2.13. The number of pyridine rings is 1. The number of anilines is 1. The average molecular weight is 402 g/mol. The summed E-state index contributed by atoms with van der Waals surface area (Å²) in [5.74, 6) is 1.31. The Balaban J connectivity index is 1.61. The van der Waals surface area contributed by atoms with Gasteiger partial charge < -0.3 is 9.84 Å². The molecule has 4 rings (SSSR count). The first-order valence-electron chi connectivity index (χ1n) is 9.76. The highest BCUT2D eigenvalue weighted by Crippen LogP contribution is 2.24. The third-order valence-electron chi connectivity index (χ3n) is 4.87. The smallest absolute Gasteiger partial charge is 0.275 e. The van der Waals surface area contributed by atoms with Gasteiger partial charge in [-0.05, 0) is 49.6 Å². The summed E-state index contributed by atoms with van der Waals surface area (Å²) in [5.41, 5.74) is 3.85. The topological polar surface area (TPSA) is 98.7 Å². The molecule has 0 aliphatic rings. The number of benzene rings is 1. The monoisotopic (exact) mass is 402 g/mol. The molecule has 1 amide bonds. The van der Waals surface area contributed by atoms with Crippen LogP contribution in [0.25, 0.3) is 17.3 Å². The molecular formula is C22H22N6O2. The summed E-state index contributed by atoms with van der Waals surface area (Å²) in [5, 5.41) is 6.93. The number of aryl methyl sites for hydroxylation is 2. The molecule has 0 spiro atoms. The normalized spacial score (nSPS) is 10.9. The maximum atomic E-state index is 12.7. The molecule has 1 aromatic carbocycles. The molecule has 8 heteroatoms. The zero-order valence-corrected chi connectivity index (χ0v) is 17.1. The Hall–Kier alpha value is -3.81. The second kappa shape index (κ2) is 8.28. The molecule has 0 unspecified atom stereocenters. The highest BCUT2D eigenvalue weighted by Gasteiger charge is 2.17. The zero-order valence-electron chi connectivity index (χ0n) is 17.1. The SMILES string of the molecule is CCCc1noc(-c2cccnc2-n2cnc(C(=O)Nc3cccc(C)c3C)c2)n1. The van der Waals surface area contributed by atoms with Crippen molar-refractivity contribution in [2.24, 2.45) is 0 Å². The molecule has 8 nitrogen and oxygen atoms in total. The molecule has 0 atom stereocenters. The Morgan fingerprint density at radius 2 is 2.03 bits per heavy atom. The van der Waals surface area contributed by atoms with E-state index in [4.69, 9.17) is 4.52 Å². The first-order chi connectivity index (χ1) is 14.6. The van der Waals surface area contributed by atoms with Crippen LogP contribution in [-0.2, 0) is 6.42 Å². The summed E-state index contributed by atoms with van der Waals surface area (Å²) < 4.78 is 7.09. The fourth-order valence-corrected chi connectivity index (χ4v) is 3.09. The van der Waals surface area contributed by atoms with Crippen molar-refractivity contribution in [3.8, 4) is 17.3 Å². The second-order valence-corrected chi connectivity index (χ2v) is 7.01. The van der Waals surface area contributed by atoms with E-state index in [1.54, 1.807) is 29.4 Å². The summed E-state index contributed by atoms with van der Waals surface area (Å²) in [6.07, 6.45) is 6.52. The molecule has 3 aromatic heterocycles. The summed E-state index contributed by atoms with van der Waals surface area (Å²) >= 11 is 0. The van der Waals surface area contributed by atoms with E-state index in [-0.39, 0.29) is 11.6 Å². The van der Waals surface area contributed by atoms with Gasteiger partial charge >= 0.3 is 0 Å². The molecule has 4 aromatic rings. The van der Waals surface area contributed by atoms with E-state index in [1.165, 1.54) is 0 Å². The van der Waals surface area contributed by atoms with Crippen molar-refractivity contribution >= 4 is 11.6 Å². The van der Waals surface area contributed by atoms with Crippen LogP contribution in [0.5, 0.6) is 0 Å². The molecule has 0 aliphatic heterocycles. The van der Waals surface area contributed by atoms with Crippen LogP contribution < -0.4 is 5.32 Å². The number of carbonyl (C=O) groups excluding carboxylic acids is 1. The highest BCUT2D eigenvalue weighted by atomic mass is 16.5. The van der Waals surface area contributed by atoms with Gasteiger partial charge in [-0.15, -0.1) is 0 Å². The number of imidazole rings is 1. The van der Waals surface area contributed by atoms with Crippen molar-refractivity contribution < 1.29 is 9.32 Å². The number of hydrogen-bond acceptors (Lipinski definition) is 6. The largest absolute Gasteiger partial charge is 0.334 e. The number of aromatic nitrogens is 5. The lowest BCUT2D eigenvalue weighted by Gasteiger charge is -2.09. The Morgan fingerprint density at radius 1 is 1.17 bits per heavy atom. The van der Waals surface area contributed by atoms with Crippen molar-refractivity contribution in [1.82, 2.24) is 24.7 Å². The van der Waals surface area contributed by atoms with E-state index < -0.39 is 0 Å². The minimum absolute atomic E-state index is 0.282. The van der Waals surface area contributed by atoms with Crippen molar-refractivity contribution in [3.05, 3.63) is 71.7 Å². The molecule has 0 bridgehead atoms. The van der Waals surface area contributed by atoms with Gasteiger partial charge in [0.05, 0.1) is 5.56 Å². The maximum absolute atomic E-state index is 12.7. The third kappa shape index (κ3) is 3.84. The van der Waals surface area contributed by atoms with E-state index in [1.807, 2.05) is 38.1 Å². The van der Waals surface area contributed by atoms with Gasteiger partial charge in [-0.1, -0.05) is 24.2 Å². The van der Waals surface area contributed by atoms with Crippen molar-refractivity contribution in [2.75, 3.05) is 5.32 Å². The predicted molar refractivity (Wildman–Crippen MR) is 113 cm³/mol. The minimum atomic E-state index is -0.289. The summed E-state index contributed by atoms with van der Waals surface area (Å²) in [6.45, 7) is 6.04. The molecule has 3 heterocycles. The Kier molecular flexibility index (Phi) is 5.38. The minimum Gasteiger partial charge on any atom is -0.334 e.